The predicted octanol–water partition coefficient (Wildman–Crippen LogP) is 1.92. The number of aromatic carboxylic acids is 1. The van der Waals surface area contributed by atoms with Gasteiger partial charge in [0.1, 0.15) is 5.75 Å². The maximum atomic E-state index is 10.8. The Morgan fingerprint density at radius 3 is 2.67 bits per heavy atom. The Morgan fingerprint density at radius 2 is 2.13 bits per heavy atom. The summed E-state index contributed by atoms with van der Waals surface area (Å²) in [7, 11) is 0. The Hall–Kier alpha value is -1.55. The van der Waals surface area contributed by atoms with Gasteiger partial charge in [0.15, 0.2) is 0 Å². The highest BCUT2D eigenvalue weighted by atomic mass is 16.4. The Morgan fingerprint density at radius 1 is 1.47 bits per heavy atom. The molecule has 0 heterocycles. The topological polar surface area (TPSA) is 77.8 Å². The number of aliphatic hydroxyl groups excluding tert-OH is 1. The summed E-state index contributed by atoms with van der Waals surface area (Å²) in [6, 6.07) is 3.89. The number of carboxylic acid groups (broad SMARTS) is 1. The van der Waals surface area contributed by atoms with Gasteiger partial charge in [-0.15, -0.1) is 0 Å². The van der Waals surface area contributed by atoms with E-state index in [-0.39, 0.29) is 16.9 Å². The van der Waals surface area contributed by atoms with Crippen LogP contribution in [-0.4, -0.2) is 21.3 Å². The first kappa shape index (κ1) is 11.5. The summed E-state index contributed by atoms with van der Waals surface area (Å²) in [5, 5.41) is 27.8. The summed E-state index contributed by atoms with van der Waals surface area (Å²) in [5.41, 5.74) is 0.304. The van der Waals surface area contributed by atoms with Gasteiger partial charge < -0.3 is 15.3 Å². The molecule has 0 aliphatic heterocycles. The molecule has 0 spiro atoms. The zero-order valence-electron chi connectivity index (χ0n) is 8.47. The molecule has 1 aromatic rings. The van der Waals surface area contributed by atoms with Crippen molar-refractivity contribution in [3.05, 3.63) is 29.3 Å². The Kier molecular flexibility index (Phi) is 3.68. The van der Waals surface area contributed by atoms with Crippen molar-refractivity contribution in [3.63, 3.8) is 0 Å². The number of hydrogen-bond donors (Lipinski definition) is 3. The quantitative estimate of drug-likeness (QED) is 0.709. The van der Waals surface area contributed by atoms with Crippen molar-refractivity contribution in [2.75, 3.05) is 0 Å². The number of rotatable bonds is 4. The molecular formula is C11H14O4. The van der Waals surface area contributed by atoms with Crippen molar-refractivity contribution in [1.29, 1.82) is 0 Å². The summed E-state index contributed by atoms with van der Waals surface area (Å²) in [6.45, 7) is 1.90. The highest BCUT2D eigenvalue weighted by molar-refractivity contribution is 5.89. The number of carbonyl (C=O) groups is 1. The molecule has 4 nitrogen and oxygen atoms in total. The fraction of sp³-hybridized carbons (Fsp3) is 0.364. The van der Waals surface area contributed by atoms with Crippen LogP contribution in [0.3, 0.4) is 0 Å². The fourth-order valence-corrected chi connectivity index (χ4v) is 1.45. The third-order valence-corrected chi connectivity index (χ3v) is 2.19. The molecule has 1 unspecified atom stereocenters. The van der Waals surface area contributed by atoms with E-state index < -0.39 is 12.1 Å². The molecule has 15 heavy (non-hydrogen) atoms. The first-order valence-electron chi connectivity index (χ1n) is 4.80. The van der Waals surface area contributed by atoms with E-state index in [4.69, 9.17) is 5.11 Å². The fourth-order valence-electron chi connectivity index (χ4n) is 1.45. The second-order valence-electron chi connectivity index (χ2n) is 3.38. The molecule has 0 fully saturated rings. The van der Waals surface area contributed by atoms with Crippen molar-refractivity contribution in [1.82, 2.24) is 0 Å². The standard InChI is InChI=1S/C11H14O4/c1-2-3-10(13)9-6-7(12)4-5-8(9)11(14)15/h4-6,10,12-13H,2-3H2,1H3,(H,14,15). The van der Waals surface area contributed by atoms with E-state index in [0.717, 1.165) is 6.42 Å². The molecule has 0 aliphatic rings. The third kappa shape index (κ3) is 2.70. The molecule has 1 rings (SSSR count). The summed E-state index contributed by atoms with van der Waals surface area (Å²) < 4.78 is 0. The van der Waals surface area contributed by atoms with Crippen molar-refractivity contribution in [2.24, 2.45) is 0 Å². The Labute approximate surface area is 87.8 Å². The van der Waals surface area contributed by atoms with Gasteiger partial charge in [0.25, 0.3) is 0 Å². The van der Waals surface area contributed by atoms with Crippen molar-refractivity contribution < 1.29 is 20.1 Å². The highest BCUT2D eigenvalue weighted by Gasteiger charge is 2.16. The summed E-state index contributed by atoms with van der Waals surface area (Å²) >= 11 is 0. The third-order valence-electron chi connectivity index (χ3n) is 2.19. The Balaban J connectivity index is 3.12. The minimum Gasteiger partial charge on any atom is -0.508 e. The van der Waals surface area contributed by atoms with Crippen molar-refractivity contribution in [2.45, 2.75) is 25.9 Å². The monoisotopic (exact) mass is 210 g/mol. The lowest BCUT2D eigenvalue weighted by atomic mass is 9.99. The maximum absolute atomic E-state index is 10.8. The molecular weight excluding hydrogens is 196 g/mol. The van der Waals surface area contributed by atoms with Crippen LogP contribution >= 0.6 is 0 Å². The van der Waals surface area contributed by atoms with Gasteiger partial charge in [0, 0.05) is 0 Å². The molecule has 0 aliphatic carbocycles. The van der Waals surface area contributed by atoms with Gasteiger partial charge in [0.05, 0.1) is 11.7 Å². The number of aromatic hydroxyl groups is 1. The predicted molar refractivity (Wildman–Crippen MR) is 54.9 cm³/mol. The number of hydrogen-bond acceptors (Lipinski definition) is 3. The zero-order chi connectivity index (χ0) is 11.4. The molecule has 0 saturated carbocycles. The van der Waals surface area contributed by atoms with Crippen LogP contribution in [-0.2, 0) is 0 Å². The van der Waals surface area contributed by atoms with E-state index in [9.17, 15) is 15.0 Å². The average molecular weight is 210 g/mol. The molecule has 0 saturated heterocycles. The van der Waals surface area contributed by atoms with Crippen LogP contribution in [0.4, 0.5) is 0 Å². The molecule has 82 valence electrons. The van der Waals surface area contributed by atoms with Gasteiger partial charge in [-0.1, -0.05) is 13.3 Å². The van der Waals surface area contributed by atoms with Gasteiger partial charge in [-0.2, -0.15) is 0 Å². The van der Waals surface area contributed by atoms with Crippen LogP contribution in [0.1, 0.15) is 41.8 Å². The number of carboxylic acids is 1. The van der Waals surface area contributed by atoms with Gasteiger partial charge in [0.2, 0.25) is 0 Å². The second-order valence-corrected chi connectivity index (χ2v) is 3.38. The van der Waals surface area contributed by atoms with Crippen LogP contribution in [0, 0.1) is 0 Å². The van der Waals surface area contributed by atoms with Gasteiger partial charge >= 0.3 is 5.97 Å². The lowest BCUT2D eigenvalue weighted by Gasteiger charge is -2.12. The van der Waals surface area contributed by atoms with E-state index in [0.29, 0.717) is 6.42 Å². The number of phenolic OH excluding ortho intramolecular Hbond substituents is 1. The molecule has 0 bridgehead atoms. The van der Waals surface area contributed by atoms with Gasteiger partial charge in [-0.25, -0.2) is 4.79 Å². The average Bonchev–Trinajstić information content (AvgIpc) is 2.17. The second kappa shape index (κ2) is 4.79. The normalized spacial score (nSPS) is 12.4. The van der Waals surface area contributed by atoms with E-state index in [1.807, 2.05) is 6.92 Å². The smallest absolute Gasteiger partial charge is 0.336 e. The lowest BCUT2D eigenvalue weighted by Crippen LogP contribution is -2.06. The zero-order valence-corrected chi connectivity index (χ0v) is 8.47. The minimum absolute atomic E-state index is 0.0359. The van der Waals surface area contributed by atoms with Gasteiger partial charge in [-0.3, -0.25) is 0 Å². The summed E-state index contributed by atoms with van der Waals surface area (Å²) in [6.07, 6.45) is 0.382. The first-order chi connectivity index (χ1) is 7.06. The molecule has 0 aromatic heterocycles. The van der Waals surface area contributed by atoms with Crippen LogP contribution in [0.5, 0.6) is 5.75 Å². The van der Waals surface area contributed by atoms with Gasteiger partial charge in [-0.05, 0) is 30.2 Å². The maximum Gasteiger partial charge on any atom is 0.336 e. The van der Waals surface area contributed by atoms with E-state index in [2.05, 4.69) is 0 Å². The molecule has 1 atom stereocenters. The van der Waals surface area contributed by atoms with Crippen LogP contribution < -0.4 is 0 Å². The van der Waals surface area contributed by atoms with Crippen molar-refractivity contribution >= 4 is 5.97 Å². The van der Waals surface area contributed by atoms with Crippen LogP contribution in [0.2, 0.25) is 0 Å². The van der Waals surface area contributed by atoms with E-state index >= 15 is 0 Å². The first-order valence-corrected chi connectivity index (χ1v) is 4.80. The van der Waals surface area contributed by atoms with Crippen LogP contribution in [0.15, 0.2) is 18.2 Å². The molecule has 4 heteroatoms. The number of benzene rings is 1. The Bertz CT molecular complexity index is 360. The summed E-state index contributed by atoms with van der Waals surface area (Å²) in [5.74, 6) is -1.13. The highest BCUT2D eigenvalue weighted by Crippen LogP contribution is 2.25. The SMILES string of the molecule is CCCC(O)c1cc(O)ccc1C(=O)O. The van der Waals surface area contributed by atoms with E-state index in [1.165, 1.54) is 18.2 Å². The molecule has 1 aromatic carbocycles. The largest absolute Gasteiger partial charge is 0.508 e. The number of aliphatic hydroxyl groups is 1. The number of phenols is 1. The van der Waals surface area contributed by atoms with E-state index in [1.54, 1.807) is 0 Å². The minimum atomic E-state index is -1.10. The van der Waals surface area contributed by atoms with Crippen LogP contribution in [0.25, 0.3) is 0 Å². The lowest BCUT2D eigenvalue weighted by molar-refractivity contribution is 0.0688. The molecule has 3 N–H and O–H groups in total. The molecule has 0 amide bonds. The summed E-state index contributed by atoms with van der Waals surface area (Å²) in [4.78, 5) is 10.8. The molecule has 0 radical (unpaired) electrons. The van der Waals surface area contributed by atoms with Crippen molar-refractivity contribution in [3.8, 4) is 5.75 Å².